The van der Waals surface area contributed by atoms with Gasteiger partial charge in [-0.25, -0.2) is 4.98 Å². The Morgan fingerprint density at radius 1 is 0.367 bits per heavy atom. The van der Waals surface area contributed by atoms with Gasteiger partial charge in [-0.15, -0.1) is 0 Å². The molecule has 49 heavy (non-hydrogen) atoms. The first kappa shape index (κ1) is 28.4. The molecule has 0 bridgehead atoms. The normalized spacial score (nSPS) is 11.3. The van der Waals surface area contributed by atoms with Crippen molar-refractivity contribution >= 4 is 21.8 Å². The van der Waals surface area contributed by atoms with Crippen molar-refractivity contribution in [2.24, 2.45) is 0 Å². The summed E-state index contributed by atoms with van der Waals surface area (Å²) < 4.78 is 2.31. The van der Waals surface area contributed by atoms with E-state index >= 15 is 0 Å². The first-order valence-corrected chi connectivity index (χ1v) is 16.1. The summed E-state index contributed by atoms with van der Waals surface area (Å²) in [5.41, 5.74) is 12.8. The zero-order valence-electron chi connectivity index (χ0n) is 26.3. The lowest BCUT2D eigenvalue weighted by Crippen LogP contribution is -1.94. The van der Waals surface area contributed by atoms with Crippen molar-refractivity contribution in [2.75, 3.05) is 0 Å². The summed E-state index contributed by atoms with van der Waals surface area (Å²) in [4.78, 5) is 23.3. The number of benzene rings is 3. The Balaban J connectivity index is 1.15. The standard InChI is InChI=1S/C43H28N6/c1-2-11-34(12-3-1)49-42-18-16-31(24-35(42)36-28-44-22-19-43(36)49)29-9-8-10-30(23-29)33-25-40(48-41(26-33)38-14-5-7-21-46-38)32-15-17-39(47-27-32)37-13-4-6-20-45-37/h1-28H. The number of aromatic nitrogens is 6. The molecule has 6 heterocycles. The minimum absolute atomic E-state index is 0.801. The van der Waals surface area contributed by atoms with Gasteiger partial charge in [0.05, 0.1) is 39.5 Å². The van der Waals surface area contributed by atoms with Crippen molar-refractivity contribution in [3.63, 3.8) is 0 Å². The summed E-state index contributed by atoms with van der Waals surface area (Å²) >= 11 is 0. The maximum Gasteiger partial charge on any atom is 0.0899 e. The number of hydrogen-bond donors (Lipinski definition) is 0. The van der Waals surface area contributed by atoms with Crippen molar-refractivity contribution in [2.45, 2.75) is 0 Å². The van der Waals surface area contributed by atoms with Gasteiger partial charge in [0.25, 0.3) is 0 Å². The van der Waals surface area contributed by atoms with E-state index in [1.54, 1.807) is 12.4 Å². The second-order valence-corrected chi connectivity index (χ2v) is 11.9. The van der Waals surface area contributed by atoms with Gasteiger partial charge in [0, 0.05) is 53.0 Å². The molecule has 9 rings (SSSR count). The Hall–Kier alpha value is -6.79. The number of pyridine rings is 5. The third kappa shape index (κ3) is 5.31. The van der Waals surface area contributed by atoms with E-state index in [2.05, 4.69) is 111 Å². The molecule has 0 aliphatic heterocycles. The molecule has 0 aliphatic carbocycles. The topological polar surface area (TPSA) is 69.4 Å². The van der Waals surface area contributed by atoms with Crippen molar-refractivity contribution in [3.05, 3.63) is 171 Å². The Kier molecular flexibility index (Phi) is 7.02. The van der Waals surface area contributed by atoms with Crippen LogP contribution in [-0.2, 0) is 0 Å². The van der Waals surface area contributed by atoms with Crippen LogP contribution in [0.4, 0.5) is 0 Å². The quantitative estimate of drug-likeness (QED) is 0.183. The van der Waals surface area contributed by atoms with Gasteiger partial charge in [-0.3, -0.25) is 19.9 Å². The molecule has 0 unspecified atom stereocenters. The van der Waals surface area contributed by atoms with E-state index in [9.17, 15) is 0 Å². The molecule has 230 valence electrons. The number of nitrogens with zero attached hydrogens (tertiary/aromatic N) is 6. The lowest BCUT2D eigenvalue weighted by atomic mass is 9.96. The molecule has 9 aromatic rings. The number of fused-ring (bicyclic) bond motifs is 3. The highest BCUT2D eigenvalue weighted by atomic mass is 15.0. The van der Waals surface area contributed by atoms with Crippen LogP contribution in [0.1, 0.15) is 0 Å². The molecule has 0 atom stereocenters. The SMILES string of the molecule is c1ccc(-n2c3ccncc3c3cc(-c4cccc(-c5cc(-c6ccc(-c7ccccn7)nc6)nc(-c6ccccn6)c5)c4)ccc32)cc1. The maximum atomic E-state index is 5.05. The first-order valence-electron chi connectivity index (χ1n) is 16.1. The predicted molar refractivity (Wildman–Crippen MR) is 197 cm³/mol. The molecule has 0 N–H and O–H groups in total. The van der Waals surface area contributed by atoms with E-state index in [1.807, 2.05) is 67.1 Å². The van der Waals surface area contributed by atoms with Gasteiger partial charge < -0.3 is 4.57 Å². The van der Waals surface area contributed by atoms with Gasteiger partial charge >= 0.3 is 0 Å². The van der Waals surface area contributed by atoms with E-state index in [1.165, 1.54) is 5.39 Å². The monoisotopic (exact) mass is 628 g/mol. The van der Waals surface area contributed by atoms with Crippen molar-refractivity contribution < 1.29 is 0 Å². The second kappa shape index (κ2) is 12.1. The molecule has 0 fully saturated rings. The summed E-state index contributed by atoms with van der Waals surface area (Å²) in [7, 11) is 0. The van der Waals surface area contributed by atoms with Crippen LogP contribution < -0.4 is 0 Å². The zero-order chi connectivity index (χ0) is 32.6. The Bertz CT molecular complexity index is 2580. The highest BCUT2D eigenvalue weighted by molar-refractivity contribution is 6.10. The number of rotatable bonds is 6. The first-order chi connectivity index (χ1) is 24.3. The molecule has 0 radical (unpaired) electrons. The zero-order valence-corrected chi connectivity index (χ0v) is 26.3. The minimum Gasteiger partial charge on any atom is -0.309 e. The molecule has 6 heteroatoms. The molecule has 0 spiro atoms. The fraction of sp³-hybridized carbons (Fsp3) is 0. The average molecular weight is 629 g/mol. The van der Waals surface area contributed by atoms with Crippen LogP contribution in [0.5, 0.6) is 0 Å². The molecule has 0 amide bonds. The number of para-hydroxylation sites is 1. The Labute approximate surface area is 283 Å². The van der Waals surface area contributed by atoms with E-state index in [-0.39, 0.29) is 0 Å². The summed E-state index contributed by atoms with van der Waals surface area (Å²) in [5.74, 6) is 0. The van der Waals surface area contributed by atoms with E-state index < -0.39 is 0 Å². The third-order valence-electron chi connectivity index (χ3n) is 8.85. The second-order valence-electron chi connectivity index (χ2n) is 11.9. The van der Waals surface area contributed by atoms with Crippen LogP contribution in [0.3, 0.4) is 0 Å². The minimum atomic E-state index is 0.801. The Morgan fingerprint density at radius 3 is 1.80 bits per heavy atom. The summed E-state index contributed by atoms with van der Waals surface area (Å²) in [5, 5.41) is 2.29. The third-order valence-corrected chi connectivity index (χ3v) is 8.85. The Morgan fingerprint density at radius 2 is 1.04 bits per heavy atom. The maximum absolute atomic E-state index is 5.05. The highest BCUT2D eigenvalue weighted by Gasteiger charge is 2.15. The fourth-order valence-corrected chi connectivity index (χ4v) is 6.48. The van der Waals surface area contributed by atoms with Crippen LogP contribution in [0.25, 0.3) is 83.8 Å². The van der Waals surface area contributed by atoms with Crippen LogP contribution in [0.15, 0.2) is 171 Å². The number of hydrogen-bond acceptors (Lipinski definition) is 5. The molecule has 6 aromatic heterocycles. The van der Waals surface area contributed by atoms with Gasteiger partial charge in [0.15, 0.2) is 0 Å². The molecular weight excluding hydrogens is 601 g/mol. The lowest BCUT2D eigenvalue weighted by Gasteiger charge is -2.12. The van der Waals surface area contributed by atoms with E-state index in [0.29, 0.717) is 0 Å². The van der Waals surface area contributed by atoms with Crippen LogP contribution in [0, 0.1) is 0 Å². The lowest BCUT2D eigenvalue weighted by molar-refractivity contribution is 1.17. The van der Waals surface area contributed by atoms with Gasteiger partial charge in [0.1, 0.15) is 0 Å². The molecule has 0 saturated carbocycles. The summed E-state index contributed by atoms with van der Waals surface area (Å²) in [6, 6.07) is 48.0. The molecule has 3 aromatic carbocycles. The van der Waals surface area contributed by atoms with Crippen molar-refractivity contribution in [3.8, 4) is 62.0 Å². The van der Waals surface area contributed by atoms with E-state index in [0.717, 1.165) is 78.4 Å². The van der Waals surface area contributed by atoms with Gasteiger partial charge in [-0.1, -0.05) is 54.6 Å². The smallest absolute Gasteiger partial charge is 0.0899 e. The predicted octanol–water partition coefficient (Wildman–Crippen LogP) is 10.1. The van der Waals surface area contributed by atoms with Gasteiger partial charge in [-0.2, -0.15) is 0 Å². The molecular formula is C43H28N6. The highest BCUT2D eigenvalue weighted by Crippen LogP contribution is 2.36. The van der Waals surface area contributed by atoms with Crippen LogP contribution in [-0.4, -0.2) is 29.5 Å². The molecule has 6 nitrogen and oxygen atoms in total. The molecule has 0 aliphatic rings. The largest absolute Gasteiger partial charge is 0.309 e. The fourth-order valence-electron chi connectivity index (χ4n) is 6.48. The van der Waals surface area contributed by atoms with Crippen molar-refractivity contribution in [1.82, 2.24) is 29.5 Å². The van der Waals surface area contributed by atoms with E-state index in [4.69, 9.17) is 9.97 Å². The average Bonchev–Trinajstić information content (AvgIpc) is 3.52. The summed E-state index contributed by atoms with van der Waals surface area (Å²) in [6.45, 7) is 0. The van der Waals surface area contributed by atoms with Crippen LogP contribution in [0.2, 0.25) is 0 Å². The van der Waals surface area contributed by atoms with Crippen molar-refractivity contribution in [1.29, 1.82) is 0 Å². The van der Waals surface area contributed by atoms with Gasteiger partial charge in [0.2, 0.25) is 0 Å². The van der Waals surface area contributed by atoms with Crippen LogP contribution >= 0.6 is 0 Å². The van der Waals surface area contributed by atoms with Gasteiger partial charge in [-0.05, 0) is 107 Å². The molecule has 0 saturated heterocycles. The summed E-state index contributed by atoms with van der Waals surface area (Å²) in [6.07, 6.45) is 9.27.